The summed E-state index contributed by atoms with van der Waals surface area (Å²) in [7, 11) is 0. The molecule has 0 unspecified atom stereocenters. The van der Waals surface area contributed by atoms with E-state index in [1.54, 1.807) is 17.1 Å². The van der Waals surface area contributed by atoms with Crippen molar-refractivity contribution in [1.29, 1.82) is 0 Å². The van der Waals surface area contributed by atoms with Crippen LogP contribution in [0, 0.1) is 0 Å². The number of benzene rings is 2. The molecule has 1 heterocycles. The van der Waals surface area contributed by atoms with Crippen LogP contribution in [0.2, 0.25) is 0 Å². The number of hydrogen-bond donors (Lipinski definition) is 1. The van der Waals surface area contributed by atoms with Gasteiger partial charge < -0.3 is 5.32 Å². The minimum absolute atomic E-state index is 0.0309. The molecule has 1 aromatic heterocycles. The summed E-state index contributed by atoms with van der Waals surface area (Å²) < 4.78 is 1.68. The van der Waals surface area contributed by atoms with Crippen LogP contribution in [0.5, 0.6) is 0 Å². The van der Waals surface area contributed by atoms with E-state index in [1.165, 1.54) is 24.0 Å². The monoisotopic (exact) mass is 402 g/mol. The molecule has 1 aliphatic rings. The summed E-state index contributed by atoms with van der Waals surface area (Å²) in [6, 6.07) is 13.7. The van der Waals surface area contributed by atoms with Crippen LogP contribution in [0.3, 0.4) is 0 Å². The number of carbonyl (C=O) groups is 2. The fraction of sp³-hybridized carbons (Fsp3) is 0.333. The minimum Gasteiger partial charge on any atom is -0.350 e. The summed E-state index contributed by atoms with van der Waals surface area (Å²) in [6.07, 6.45) is 8.38. The Morgan fingerprint density at radius 1 is 1.03 bits per heavy atom. The standard InChI is InChI=1S/C24H26N4O2/c1-17(18-8-10-22(11-9-18)28-15-14-25-27-28)26-24(30)13-12-23(29)21-7-6-19-4-2-3-5-20(19)16-21/h6-11,14-17H,2-5,12-13H2,1H3,(H,26,30)/t17-/m1/s1. The molecule has 0 saturated carbocycles. The van der Waals surface area contributed by atoms with Crippen LogP contribution in [0.25, 0.3) is 5.69 Å². The smallest absolute Gasteiger partial charge is 0.220 e. The van der Waals surface area contributed by atoms with Crippen LogP contribution < -0.4 is 5.32 Å². The Hall–Kier alpha value is -3.28. The van der Waals surface area contributed by atoms with Gasteiger partial charge in [0.25, 0.3) is 0 Å². The van der Waals surface area contributed by atoms with Crippen LogP contribution in [-0.2, 0) is 17.6 Å². The van der Waals surface area contributed by atoms with Crippen molar-refractivity contribution in [1.82, 2.24) is 20.3 Å². The summed E-state index contributed by atoms with van der Waals surface area (Å²) in [5.41, 5.74) is 5.28. The van der Waals surface area contributed by atoms with Gasteiger partial charge in [0.2, 0.25) is 5.91 Å². The van der Waals surface area contributed by atoms with Gasteiger partial charge >= 0.3 is 0 Å². The van der Waals surface area contributed by atoms with Gasteiger partial charge in [-0.2, -0.15) is 0 Å². The van der Waals surface area contributed by atoms with Gasteiger partial charge in [-0.1, -0.05) is 29.5 Å². The lowest BCUT2D eigenvalue weighted by Crippen LogP contribution is -2.27. The number of amides is 1. The van der Waals surface area contributed by atoms with Crippen molar-refractivity contribution in [3.63, 3.8) is 0 Å². The Morgan fingerprint density at radius 3 is 2.53 bits per heavy atom. The van der Waals surface area contributed by atoms with Crippen molar-refractivity contribution in [3.8, 4) is 5.69 Å². The molecule has 1 aliphatic carbocycles. The molecule has 0 spiro atoms. The van der Waals surface area contributed by atoms with Gasteiger partial charge in [0.15, 0.2) is 5.78 Å². The third kappa shape index (κ3) is 4.64. The van der Waals surface area contributed by atoms with Gasteiger partial charge in [0, 0.05) is 18.4 Å². The Balaban J connectivity index is 1.29. The van der Waals surface area contributed by atoms with E-state index in [1.807, 2.05) is 43.3 Å². The first-order valence-electron chi connectivity index (χ1n) is 10.5. The van der Waals surface area contributed by atoms with E-state index in [0.29, 0.717) is 0 Å². The highest BCUT2D eigenvalue weighted by Gasteiger charge is 2.15. The number of fused-ring (bicyclic) bond motifs is 1. The minimum atomic E-state index is -0.138. The van der Waals surface area contributed by atoms with E-state index < -0.39 is 0 Å². The summed E-state index contributed by atoms with van der Waals surface area (Å²) in [5.74, 6) is -0.0856. The first-order chi connectivity index (χ1) is 14.6. The summed E-state index contributed by atoms with van der Waals surface area (Å²) >= 11 is 0. The Kier molecular flexibility index (Phi) is 6.02. The van der Waals surface area contributed by atoms with Crippen molar-refractivity contribution in [2.45, 2.75) is 51.5 Å². The lowest BCUT2D eigenvalue weighted by molar-refractivity contribution is -0.121. The Labute approximate surface area is 176 Å². The summed E-state index contributed by atoms with van der Waals surface area (Å²) in [5, 5.41) is 10.7. The highest BCUT2D eigenvalue weighted by molar-refractivity contribution is 5.98. The maximum atomic E-state index is 12.5. The zero-order valence-electron chi connectivity index (χ0n) is 17.2. The number of nitrogens with zero attached hydrogens (tertiary/aromatic N) is 3. The van der Waals surface area contributed by atoms with Crippen molar-refractivity contribution >= 4 is 11.7 Å². The van der Waals surface area contributed by atoms with Crippen LogP contribution >= 0.6 is 0 Å². The first kappa shape index (κ1) is 20.0. The molecule has 1 N–H and O–H groups in total. The van der Waals surface area contributed by atoms with Crippen molar-refractivity contribution in [2.75, 3.05) is 0 Å². The number of ketones is 1. The molecular formula is C24H26N4O2. The van der Waals surface area contributed by atoms with Gasteiger partial charge in [0.05, 0.1) is 24.1 Å². The number of nitrogens with one attached hydrogen (secondary N) is 1. The van der Waals surface area contributed by atoms with Crippen molar-refractivity contribution in [3.05, 3.63) is 77.1 Å². The second-order valence-electron chi connectivity index (χ2n) is 7.84. The third-order valence-corrected chi connectivity index (χ3v) is 5.71. The molecule has 154 valence electrons. The van der Waals surface area contributed by atoms with Crippen molar-refractivity contribution < 1.29 is 9.59 Å². The molecule has 1 atom stereocenters. The second kappa shape index (κ2) is 9.03. The number of Topliss-reactive ketones (excluding diaryl/α,β-unsaturated/α-hetero) is 1. The SMILES string of the molecule is C[C@@H](NC(=O)CCC(=O)c1ccc2c(c1)CCCC2)c1ccc(-n2ccnn2)cc1. The molecule has 0 bridgehead atoms. The second-order valence-corrected chi connectivity index (χ2v) is 7.84. The van der Waals surface area contributed by atoms with E-state index in [4.69, 9.17) is 0 Å². The quantitative estimate of drug-likeness (QED) is 0.606. The predicted molar refractivity (Wildman–Crippen MR) is 115 cm³/mol. The fourth-order valence-corrected chi connectivity index (χ4v) is 3.94. The summed E-state index contributed by atoms with van der Waals surface area (Å²) in [6.45, 7) is 1.94. The highest BCUT2D eigenvalue weighted by Crippen LogP contribution is 2.23. The number of aromatic nitrogens is 3. The first-order valence-corrected chi connectivity index (χ1v) is 10.5. The van der Waals surface area contributed by atoms with Crippen molar-refractivity contribution in [2.24, 2.45) is 0 Å². The molecule has 6 heteroatoms. The van der Waals surface area contributed by atoms with Crippen LogP contribution in [0.4, 0.5) is 0 Å². The largest absolute Gasteiger partial charge is 0.350 e. The van der Waals surface area contributed by atoms with Gasteiger partial charge in [-0.25, -0.2) is 4.68 Å². The normalized spacial score (nSPS) is 14.0. The number of rotatable bonds is 7. The molecule has 0 fully saturated rings. The maximum Gasteiger partial charge on any atom is 0.220 e. The van der Waals surface area contributed by atoms with E-state index in [2.05, 4.69) is 21.7 Å². The van der Waals surface area contributed by atoms with Crippen LogP contribution in [0.1, 0.15) is 65.7 Å². The highest BCUT2D eigenvalue weighted by atomic mass is 16.2. The Morgan fingerprint density at radius 2 is 1.80 bits per heavy atom. The lowest BCUT2D eigenvalue weighted by atomic mass is 9.89. The average molecular weight is 402 g/mol. The zero-order valence-corrected chi connectivity index (χ0v) is 17.2. The zero-order chi connectivity index (χ0) is 20.9. The summed E-state index contributed by atoms with van der Waals surface area (Å²) in [4.78, 5) is 24.9. The van der Waals surface area contributed by atoms with Gasteiger partial charge in [-0.15, -0.1) is 5.10 Å². The molecule has 0 saturated heterocycles. The molecule has 0 radical (unpaired) electrons. The molecule has 30 heavy (non-hydrogen) atoms. The Bertz CT molecular complexity index is 1030. The molecule has 2 aromatic carbocycles. The maximum absolute atomic E-state index is 12.5. The molecule has 4 rings (SSSR count). The number of carbonyl (C=O) groups excluding carboxylic acids is 2. The predicted octanol–water partition coefficient (Wildman–Crippen LogP) is 3.99. The van der Waals surface area contributed by atoms with Crippen LogP contribution in [0.15, 0.2) is 54.9 Å². The van der Waals surface area contributed by atoms with E-state index >= 15 is 0 Å². The van der Waals surface area contributed by atoms with Gasteiger partial charge in [0.1, 0.15) is 0 Å². The van der Waals surface area contributed by atoms with Crippen LogP contribution in [-0.4, -0.2) is 26.7 Å². The molecular weight excluding hydrogens is 376 g/mol. The molecule has 6 nitrogen and oxygen atoms in total. The van der Waals surface area contributed by atoms with Gasteiger partial charge in [-0.3, -0.25) is 9.59 Å². The lowest BCUT2D eigenvalue weighted by Gasteiger charge is -2.16. The van der Waals surface area contributed by atoms with E-state index in [0.717, 1.165) is 29.7 Å². The molecule has 3 aromatic rings. The topological polar surface area (TPSA) is 76.9 Å². The number of aryl methyl sites for hydroxylation is 2. The molecule has 1 amide bonds. The van der Waals surface area contributed by atoms with E-state index in [9.17, 15) is 9.59 Å². The fourth-order valence-electron chi connectivity index (χ4n) is 3.94. The average Bonchev–Trinajstić information content (AvgIpc) is 3.32. The third-order valence-electron chi connectivity index (χ3n) is 5.71. The molecule has 0 aliphatic heterocycles. The number of hydrogen-bond acceptors (Lipinski definition) is 4. The van der Waals surface area contributed by atoms with E-state index in [-0.39, 0.29) is 30.6 Å². The van der Waals surface area contributed by atoms with Gasteiger partial charge in [-0.05, 0) is 67.5 Å².